The average Bonchev–Trinajstić information content (AvgIpc) is 2.82. The van der Waals surface area contributed by atoms with Crippen LogP contribution < -0.4 is 5.32 Å². The Morgan fingerprint density at radius 3 is 3.18 bits per heavy atom. The molecule has 0 spiro atoms. The van der Waals surface area contributed by atoms with Crippen molar-refractivity contribution in [1.82, 2.24) is 5.32 Å². The van der Waals surface area contributed by atoms with Crippen LogP contribution in [0, 0.1) is 11.3 Å². The number of nitrogens with zero attached hydrogens (tertiary/aromatic N) is 1. The highest BCUT2D eigenvalue weighted by atomic mass is 15.1. The molecule has 17 heavy (non-hydrogen) atoms. The molecule has 0 bridgehead atoms. The zero-order valence-electron chi connectivity index (χ0n) is 10.9. The number of rotatable bonds is 2. The molecule has 1 N–H and O–H groups in total. The maximum absolute atomic E-state index is 4.27. The van der Waals surface area contributed by atoms with Gasteiger partial charge in [0, 0.05) is 6.04 Å². The topological polar surface area (TPSA) is 24.4 Å². The molecule has 0 saturated heterocycles. The lowest BCUT2D eigenvalue weighted by Gasteiger charge is -2.42. The molecule has 94 valence electrons. The van der Waals surface area contributed by atoms with E-state index in [1.807, 2.05) is 6.34 Å². The van der Waals surface area contributed by atoms with Crippen molar-refractivity contribution < 1.29 is 0 Å². The molecular formula is C15H24N2. The minimum atomic E-state index is 0.564. The summed E-state index contributed by atoms with van der Waals surface area (Å²) >= 11 is 0. The van der Waals surface area contributed by atoms with Gasteiger partial charge in [-0.3, -0.25) is 4.99 Å². The lowest BCUT2D eigenvalue weighted by atomic mass is 9.64. The van der Waals surface area contributed by atoms with Gasteiger partial charge in [0.1, 0.15) is 0 Å². The van der Waals surface area contributed by atoms with Crippen LogP contribution in [0.2, 0.25) is 0 Å². The zero-order chi connectivity index (χ0) is 11.7. The molecule has 2 heteroatoms. The highest BCUT2D eigenvalue weighted by Gasteiger charge is 2.35. The average molecular weight is 232 g/mol. The number of allylic oxidation sites excluding steroid dienone is 2. The molecule has 3 atom stereocenters. The second-order valence-corrected chi connectivity index (χ2v) is 6.35. The summed E-state index contributed by atoms with van der Waals surface area (Å²) in [4.78, 5) is 4.27. The molecule has 0 aromatic carbocycles. The lowest BCUT2D eigenvalue weighted by molar-refractivity contribution is 0.235. The van der Waals surface area contributed by atoms with Crippen molar-refractivity contribution in [3.63, 3.8) is 0 Å². The third-order valence-corrected chi connectivity index (χ3v) is 5.02. The Labute approximate surface area is 105 Å². The zero-order valence-corrected chi connectivity index (χ0v) is 10.9. The second kappa shape index (κ2) is 4.47. The van der Waals surface area contributed by atoms with Crippen molar-refractivity contribution in [3.05, 3.63) is 11.6 Å². The van der Waals surface area contributed by atoms with Gasteiger partial charge in [0.2, 0.25) is 0 Å². The summed E-state index contributed by atoms with van der Waals surface area (Å²) in [5.41, 5.74) is 2.34. The molecule has 0 aromatic heterocycles. The van der Waals surface area contributed by atoms with Crippen molar-refractivity contribution >= 4 is 6.34 Å². The molecule has 2 nitrogen and oxygen atoms in total. The SMILES string of the molecule is C[C@@]12CCCCC1=C[C@@H](CC1CN=CN1)CC2. The van der Waals surface area contributed by atoms with E-state index in [2.05, 4.69) is 23.3 Å². The molecule has 1 heterocycles. The molecule has 1 unspecified atom stereocenters. The smallest absolute Gasteiger partial charge is 0.0827 e. The number of fused-ring (bicyclic) bond motifs is 1. The third-order valence-electron chi connectivity index (χ3n) is 5.02. The lowest BCUT2D eigenvalue weighted by Crippen LogP contribution is -2.32. The van der Waals surface area contributed by atoms with Crippen LogP contribution in [0.3, 0.4) is 0 Å². The monoisotopic (exact) mass is 232 g/mol. The predicted octanol–water partition coefficient (Wildman–Crippen LogP) is 3.29. The third kappa shape index (κ3) is 2.27. The van der Waals surface area contributed by atoms with Crippen LogP contribution >= 0.6 is 0 Å². The van der Waals surface area contributed by atoms with E-state index in [0.717, 1.165) is 12.5 Å². The van der Waals surface area contributed by atoms with Crippen LogP contribution in [0.4, 0.5) is 0 Å². The van der Waals surface area contributed by atoms with E-state index in [0.29, 0.717) is 11.5 Å². The number of nitrogens with one attached hydrogen (secondary N) is 1. The molecule has 1 fully saturated rings. The standard InChI is InChI=1S/C15H24N2/c1-15-6-3-2-4-13(15)8-12(5-7-15)9-14-10-16-11-17-14/h8,11-12,14H,2-7,9-10H2,1H3,(H,16,17)/t12-,14?,15-/m0/s1. The van der Waals surface area contributed by atoms with Gasteiger partial charge < -0.3 is 5.32 Å². The predicted molar refractivity (Wildman–Crippen MR) is 72.3 cm³/mol. The second-order valence-electron chi connectivity index (χ2n) is 6.35. The number of hydrogen-bond acceptors (Lipinski definition) is 2. The number of aliphatic imine (C=N–C) groups is 1. The van der Waals surface area contributed by atoms with Crippen molar-refractivity contribution in [2.75, 3.05) is 6.54 Å². The fourth-order valence-electron chi connectivity index (χ4n) is 3.82. The molecule has 0 amide bonds. The minimum absolute atomic E-state index is 0.564. The minimum Gasteiger partial charge on any atom is -0.372 e. The van der Waals surface area contributed by atoms with E-state index in [9.17, 15) is 0 Å². The summed E-state index contributed by atoms with van der Waals surface area (Å²) in [5, 5.41) is 3.36. The fourth-order valence-corrected chi connectivity index (χ4v) is 3.82. The molecular weight excluding hydrogens is 208 g/mol. The largest absolute Gasteiger partial charge is 0.372 e. The summed E-state index contributed by atoms with van der Waals surface area (Å²) in [5.74, 6) is 0.801. The van der Waals surface area contributed by atoms with E-state index in [-0.39, 0.29) is 0 Å². The molecule has 0 aromatic rings. The summed E-state index contributed by atoms with van der Waals surface area (Å²) in [7, 11) is 0. The van der Waals surface area contributed by atoms with Gasteiger partial charge in [-0.25, -0.2) is 0 Å². The van der Waals surface area contributed by atoms with Gasteiger partial charge >= 0.3 is 0 Å². The van der Waals surface area contributed by atoms with Crippen LogP contribution in [-0.2, 0) is 0 Å². The Morgan fingerprint density at radius 2 is 2.35 bits per heavy atom. The summed E-state index contributed by atoms with van der Waals surface area (Å²) in [6, 6.07) is 0.602. The quantitative estimate of drug-likeness (QED) is 0.726. The van der Waals surface area contributed by atoms with Crippen molar-refractivity contribution in [2.45, 2.75) is 57.9 Å². The summed E-state index contributed by atoms with van der Waals surface area (Å²) < 4.78 is 0. The first-order valence-corrected chi connectivity index (χ1v) is 7.22. The molecule has 2 aliphatic carbocycles. The van der Waals surface area contributed by atoms with Crippen LogP contribution in [0.25, 0.3) is 0 Å². The fraction of sp³-hybridized carbons (Fsp3) is 0.800. The van der Waals surface area contributed by atoms with Crippen LogP contribution in [-0.4, -0.2) is 18.9 Å². The summed E-state index contributed by atoms with van der Waals surface area (Å²) in [6.07, 6.45) is 14.2. The van der Waals surface area contributed by atoms with Crippen LogP contribution in [0.15, 0.2) is 16.6 Å². The Balaban J connectivity index is 1.66. The van der Waals surface area contributed by atoms with E-state index < -0.39 is 0 Å². The first-order chi connectivity index (χ1) is 8.26. The van der Waals surface area contributed by atoms with Gasteiger partial charge in [-0.2, -0.15) is 0 Å². The Kier molecular flexibility index (Phi) is 2.97. The normalized spacial score (nSPS) is 40.6. The van der Waals surface area contributed by atoms with Gasteiger partial charge in [0.25, 0.3) is 0 Å². The van der Waals surface area contributed by atoms with Crippen LogP contribution in [0.5, 0.6) is 0 Å². The summed E-state index contributed by atoms with van der Waals surface area (Å²) in [6.45, 7) is 3.47. The molecule has 3 rings (SSSR count). The van der Waals surface area contributed by atoms with Crippen molar-refractivity contribution in [3.8, 4) is 0 Å². The van der Waals surface area contributed by atoms with Crippen LogP contribution in [0.1, 0.15) is 51.9 Å². The molecule has 0 radical (unpaired) electrons. The highest BCUT2D eigenvalue weighted by molar-refractivity contribution is 5.57. The van der Waals surface area contributed by atoms with E-state index >= 15 is 0 Å². The van der Waals surface area contributed by atoms with Gasteiger partial charge in [-0.05, 0) is 49.9 Å². The van der Waals surface area contributed by atoms with Gasteiger partial charge in [0.05, 0.1) is 12.9 Å². The molecule has 3 aliphatic rings. The maximum atomic E-state index is 4.27. The van der Waals surface area contributed by atoms with E-state index in [1.165, 1.54) is 44.9 Å². The first-order valence-electron chi connectivity index (χ1n) is 7.22. The van der Waals surface area contributed by atoms with Crippen molar-refractivity contribution in [1.29, 1.82) is 0 Å². The van der Waals surface area contributed by atoms with Gasteiger partial charge in [0.15, 0.2) is 0 Å². The highest BCUT2D eigenvalue weighted by Crippen LogP contribution is 2.48. The first kappa shape index (κ1) is 11.3. The Hall–Kier alpha value is -0.790. The Morgan fingerprint density at radius 1 is 1.41 bits per heavy atom. The van der Waals surface area contributed by atoms with Crippen molar-refractivity contribution in [2.24, 2.45) is 16.3 Å². The van der Waals surface area contributed by atoms with E-state index in [1.54, 1.807) is 5.57 Å². The van der Waals surface area contributed by atoms with Gasteiger partial charge in [-0.15, -0.1) is 0 Å². The molecule has 1 saturated carbocycles. The van der Waals surface area contributed by atoms with E-state index in [4.69, 9.17) is 0 Å². The molecule has 1 aliphatic heterocycles. The maximum Gasteiger partial charge on any atom is 0.0827 e. The Bertz CT molecular complexity index is 337. The number of hydrogen-bond donors (Lipinski definition) is 1. The van der Waals surface area contributed by atoms with Gasteiger partial charge in [-0.1, -0.05) is 25.0 Å².